The third-order valence-electron chi connectivity index (χ3n) is 3.99. The van der Waals surface area contributed by atoms with E-state index in [9.17, 15) is 9.18 Å². The van der Waals surface area contributed by atoms with E-state index in [4.69, 9.17) is 9.26 Å². The average molecular weight is 347 g/mol. The third-order valence-corrected chi connectivity index (χ3v) is 3.99. The smallest absolute Gasteiger partial charge is 0.410 e. The van der Waals surface area contributed by atoms with Crippen LogP contribution < -0.4 is 0 Å². The first-order chi connectivity index (χ1) is 11.8. The number of halogens is 1. The molecule has 0 bridgehead atoms. The number of aromatic nitrogens is 2. The number of amides is 1. The molecule has 2 aromatic rings. The molecule has 1 aliphatic rings. The van der Waals surface area contributed by atoms with Crippen molar-refractivity contribution >= 4 is 6.09 Å². The second-order valence-electron chi connectivity index (χ2n) is 7.19. The van der Waals surface area contributed by atoms with Crippen LogP contribution in [-0.4, -0.2) is 39.3 Å². The zero-order chi connectivity index (χ0) is 18.0. The van der Waals surface area contributed by atoms with E-state index in [-0.39, 0.29) is 18.0 Å². The second-order valence-corrected chi connectivity index (χ2v) is 7.19. The van der Waals surface area contributed by atoms with E-state index in [1.54, 1.807) is 17.0 Å². The minimum Gasteiger partial charge on any atom is -0.444 e. The van der Waals surface area contributed by atoms with Crippen LogP contribution >= 0.6 is 0 Å². The van der Waals surface area contributed by atoms with Gasteiger partial charge in [-0.15, -0.1) is 0 Å². The van der Waals surface area contributed by atoms with Gasteiger partial charge in [-0.3, -0.25) is 0 Å². The molecule has 0 radical (unpaired) electrons. The fraction of sp³-hybridized carbons (Fsp3) is 0.500. The van der Waals surface area contributed by atoms with Gasteiger partial charge in [0.05, 0.1) is 0 Å². The van der Waals surface area contributed by atoms with E-state index in [1.165, 1.54) is 12.1 Å². The topological polar surface area (TPSA) is 68.5 Å². The fourth-order valence-corrected chi connectivity index (χ4v) is 2.86. The van der Waals surface area contributed by atoms with E-state index in [0.717, 1.165) is 12.8 Å². The van der Waals surface area contributed by atoms with Gasteiger partial charge in [-0.25, -0.2) is 9.18 Å². The molecule has 1 fully saturated rings. The highest BCUT2D eigenvalue weighted by Gasteiger charge is 2.33. The molecular formula is C18H22FN3O3. The van der Waals surface area contributed by atoms with Crippen molar-refractivity contribution in [2.45, 2.75) is 51.7 Å². The maximum absolute atomic E-state index is 13.0. The number of hydrogen-bond acceptors (Lipinski definition) is 5. The van der Waals surface area contributed by atoms with E-state index in [2.05, 4.69) is 10.1 Å². The summed E-state index contributed by atoms with van der Waals surface area (Å²) in [5.74, 6) is 0.558. The van der Waals surface area contributed by atoms with Crippen molar-refractivity contribution in [1.29, 1.82) is 0 Å². The van der Waals surface area contributed by atoms with Gasteiger partial charge in [0, 0.05) is 24.6 Å². The molecule has 0 aliphatic carbocycles. The minimum atomic E-state index is -0.523. The molecule has 6 nitrogen and oxygen atoms in total. The van der Waals surface area contributed by atoms with Gasteiger partial charge < -0.3 is 14.2 Å². The van der Waals surface area contributed by atoms with Crippen LogP contribution in [0.1, 0.15) is 39.5 Å². The number of ether oxygens (including phenoxy) is 1. The molecule has 1 aromatic heterocycles. The number of carbonyl (C=O) groups is 1. The van der Waals surface area contributed by atoms with Gasteiger partial charge in [-0.05, 0) is 57.9 Å². The van der Waals surface area contributed by atoms with Crippen molar-refractivity contribution in [1.82, 2.24) is 15.0 Å². The lowest BCUT2D eigenvalue weighted by atomic mass is 10.1. The molecule has 0 saturated carbocycles. The Morgan fingerprint density at radius 1 is 1.36 bits per heavy atom. The maximum Gasteiger partial charge on any atom is 0.410 e. The first-order valence-electron chi connectivity index (χ1n) is 8.40. The Labute approximate surface area is 146 Å². The normalized spacial score (nSPS) is 17.8. The molecule has 0 spiro atoms. The molecule has 2 heterocycles. The highest BCUT2D eigenvalue weighted by atomic mass is 19.1. The Morgan fingerprint density at radius 3 is 2.76 bits per heavy atom. The summed E-state index contributed by atoms with van der Waals surface area (Å²) in [4.78, 5) is 18.4. The van der Waals surface area contributed by atoms with Gasteiger partial charge in [0.1, 0.15) is 11.4 Å². The van der Waals surface area contributed by atoms with Crippen molar-refractivity contribution in [2.24, 2.45) is 0 Å². The lowest BCUT2D eigenvalue weighted by Gasteiger charge is -2.28. The molecule has 1 aromatic carbocycles. The molecule has 134 valence electrons. The monoisotopic (exact) mass is 347 g/mol. The van der Waals surface area contributed by atoms with Gasteiger partial charge in [0.15, 0.2) is 0 Å². The molecule has 3 rings (SSSR count). The van der Waals surface area contributed by atoms with Crippen LogP contribution in [0.5, 0.6) is 0 Å². The molecule has 0 N–H and O–H groups in total. The van der Waals surface area contributed by atoms with Gasteiger partial charge in [-0.1, -0.05) is 5.16 Å². The van der Waals surface area contributed by atoms with Gasteiger partial charge in [0.25, 0.3) is 0 Å². The van der Waals surface area contributed by atoms with Gasteiger partial charge >= 0.3 is 6.09 Å². The number of rotatable bonds is 3. The lowest BCUT2D eigenvalue weighted by Crippen LogP contribution is -2.40. The highest BCUT2D eigenvalue weighted by Crippen LogP contribution is 2.24. The van der Waals surface area contributed by atoms with Crippen LogP contribution in [0.25, 0.3) is 11.4 Å². The van der Waals surface area contributed by atoms with Crippen molar-refractivity contribution < 1.29 is 18.4 Å². The molecule has 1 saturated heterocycles. The van der Waals surface area contributed by atoms with Gasteiger partial charge in [0.2, 0.25) is 11.7 Å². The highest BCUT2D eigenvalue weighted by molar-refractivity contribution is 5.69. The molecule has 1 aliphatic heterocycles. The van der Waals surface area contributed by atoms with Crippen molar-refractivity contribution in [3.63, 3.8) is 0 Å². The Balaban J connectivity index is 1.67. The van der Waals surface area contributed by atoms with Crippen LogP contribution in [0.2, 0.25) is 0 Å². The molecule has 0 unspecified atom stereocenters. The van der Waals surface area contributed by atoms with E-state index in [0.29, 0.717) is 30.2 Å². The molecular weight excluding hydrogens is 325 g/mol. The van der Waals surface area contributed by atoms with Crippen molar-refractivity contribution in [3.8, 4) is 11.4 Å². The lowest BCUT2D eigenvalue weighted by molar-refractivity contribution is 0.0222. The number of hydrogen-bond donors (Lipinski definition) is 0. The predicted octanol–water partition coefficient (Wildman–Crippen LogP) is 3.82. The maximum atomic E-state index is 13.0. The third kappa shape index (κ3) is 4.35. The van der Waals surface area contributed by atoms with E-state index >= 15 is 0 Å². The first kappa shape index (κ1) is 17.4. The number of carbonyl (C=O) groups excluding carboxylic acids is 1. The summed E-state index contributed by atoms with van der Waals surface area (Å²) >= 11 is 0. The first-order valence-corrected chi connectivity index (χ1v) is 8.40. The quantitative estimate of drug-likeness (QED) is 0.844. The summed E-state index contributed by atoms with van der Waals surface area (Å²) < 4.78 is 23.8. The van der Waals surface area contributed by atoms with Crippen LogP contribution in [0.3, 0.4) is 0 Å². The van der Waals surface area contributed by atoms with Crippen molar-refractivity contribution in [2.75, 3.05) is 6.54 Å². The van der Waals surface area contributed by atoms with Crippen LogP contribution in [0, 0.1) is 5.82 Å². The van der Waals surface area contributed by atoms with Crippen LogP contribution in [-0.2, 0) is 11.2 Å². The van der Waals surface area contributed by atoms with E-state index in [1.807, 2.05) is 20.8 Å². The van der Waals surface area contributed by atoms with Gasteiger partial charge in [-0.2, -0.15) is 4.98 Å². The summed E-state index contributed by atoms with van der Waals surface area (Å²) in [5, 5.41) is 3.94. The molecule has 1 atom stereocenters. The molecule has 7 heteroatoms. The van der Waals surface area contributed by atoms with E-state index < -0.39 is 5.60 Å². The SMILES string of the molecule is CC(C)(C)OC(=O)N1CCC[C@H]1Cc1nc(-c2ccc(F)cc2)no1. The molecule has 25 heavy (non-hydrogen) atoms. The zero-order valence-corrected chi connectivity index (χ0v) is 14.7. The zero-order valence-electron chi connectivity index (χ0n) is 14.7. The Hall–Kier alpha value is -2.44. The number of nitrogens with zero attached hydrogens (tertiary/aromatic N) is 3. The van der Waals surface area contributed by atoms with Crippen molar-refractivity contribution in [3.05, 3.63) is 36.0 Å². The average Bonchev–Trinajstić information content (AvgIpc) is 3.16. The Bertz CT molecular complexity index is 737. The summed E-state index contributed by atoms with van der Waals surface area (Å²) in [5.41, 5.74) is 0.164. The summed E-state index contributed by atoms with van der Waals surface area (Å²) in [6, 6.07) is 5.90. The number of likely N-dealkylation sites (tertiary alicyclic amines) is 1. The number of benzene rings is 1. The predicted molar refractivity (Wildman–Crippen MR) is 89.4 cm³/mol. The van der Waals surface area contributed by atoms with Crippen LogP contribution in [0.4, 0.5) is 9.18 Å². The standard InChI is InChI=1S/C18H22FN3O3/c1-18(2,3)24-17(23)22-10-4-5-14(22)11-15-20-16(21-25-15)12-6-8-13(19)9-7-12/h6-9,14H,4-5,10-11H2,1-3H3/t14-/m0/s1. The Morgan fingerprint density at radius 2 is 2.08 bits per heavy atom. The van der Waals surface area contributed by atoms with Crippen LogP contribution in [0.15, 0.2) is 28.8 Å². The minimum absolute atomic E-state index is 0.0173. The summed E-state index contributed by atoms with van der Waals surface area (Å²) in [6.45, 7) is 6.22. The summed E-state index contributed by atoms with van der Waals surface area (Å²) in [7, 11) is 0. The second kappa shape index (κ2) is 6.82. The molecule has 1 amide bonds. The fourth-order valence-electron chi connectivity index (χ4n) is 2.86. The summed E-state index contributed by atoms with van der Waals surface area (Å²) in [6.07, 6.45) is 1.96. The largest absolute Gasteiger partial charge is 0.444 e. The Kier molecular flexibility index (Phi) is 4.74.